The lowest BCUT2D eigenvalue weighted by atomic mass is 10.2. The Kier molecular flexibility index (Phi) is 6.05. The van der Waals surface area contributed by atoms with Crippen molar-refractivity contribution in [2.24, 2.45) is 14.1 Å². The van der Waals surface area contributed by atoms with E-state index in [0.29, 0.717) is 35.8 Å². The highest BCUT2D eigenvalue weighted by molar-refractivity contribution is 7.22. The van der Waals surface area contributed by atoms with E-state index in [4.69, 9.17) is 9.72 Å². The van der Waals surface area contributed by atoms with E-state index >= 15 is 0 Å². The molecule has 1 amide bonds. The molecule has 0 spiro atoms. The summed E-state index contributed by atoms with van der Waals surface area (Å²) in [6.07, 6.45) is 4.29. The van der Waals surface area contributed by atoms with Crippen LogP contribution in [0.4, 0.5) is 5.13 Å². The van der Waals surface area contributed by atoms with Crippen LogP contribution in [0.5, 0.6) is 0 Å². The van der Waals surface area contributed by atoms with Crippen LogP contribution in [0.25, 0.3) is 21.4 Å². The second kappa shape index (κ2) is 9.15. The monoisotopic (exact) mass is 482 g/mol. The Balaban J connectivity index is 1.35. The van der Waals surface area contributed by atoms with Gasteiger partial charge in [-0.25, -0.2) is 14.8 Å². The summed E-state index contributed by atoms with van der Waals surface area (Å²) in [6.45, 7) is 1.64. The summed E-state index contributed by atoms with van der Waals surface area (Å²) in [4.78, 5) is 48.8. The van der Waals surface area contributed by atoms with Gasteiger partial charge in [0.05, 0.1) is 29.2 Å². The van der Waals surface area contributed by atoms with Crippen LogP contribution >= 0.6 is 11.3 Å². The number of nitrogens with zero attached hydrogens (tertiary/aromatic N) is 6. The summed E-state index contributed by atoms with van der Waals surface area (Å²) in [6, 6.07) is 7.85. The van der Waals surface area contributed by atoms with Gasteiger partial charge in [-0.1, -0.05) is 23.5 Å². The summed E-state index contributed by atoms with van der Waals surface area (Å²) >= 11 is 1.50. The molecule has 1 aliphatic rings. The Morgan fingerprint density at radius 3 is 2.82 bits per heavy atom. The van der Waals surface area contributed by atoms with Crippen molar-refractivity contribution in [1.29, 1.82) is 0 Å². The number of aromatic nitrogens is 5. The van der Waals surface area contributed by atoms with E-state index in [1.54, 1.807) is 22.8 Å². The quantitative estimate of drug-likeness (QED) is 0.399. The number of thiazole rings is 1. The molecule has 0 aliphatic carbocycles. The summed E-state index contributed by atoms with van der Waals surface area (Å²) in [5, 5.41) is 0.679. The first-order valence-electron chi connectivity index (χ1n) is 11.3. The third-order valence-corrected chi connectivity index (χ3v) is 7.29. The second-order valence-electron chi connectivity index (χ2n) is 8.52. The predicted octanol–water partition coefficient (Wildman–Crippen LogP) is 2.04. The molecule has 10 nitrogen and oxygen atoms in total. The number of anilines is 1. The van der Waals surface area contributed by atoms with Crippen LogP contribution < -0.4 is 16.1 Å². The Bertz CT molecular complexity index is 1440. The Hall–Kier alpha value is -3.31. The molecular formula is C23H26N6O4S. The van der Waals surface area contributed by atoms with Crippen molar-refractivity contribution in [2.45, 2.75) is 38.3 Å². The van der Waals surface area contributed by atoms with Gasteiger partial charge < -0.3 is 9.30 Å². The molecule has 4 heterocycles. The van der Waals surface area contributed by atoms with Gasteiger partial charge in [0.1, 0.15) is 0 Å². The van der Waals surface area contributed by atoms with Crippen molar-refractivity contribution < 1.29 is 9.53 Å². The molecule has 0 bridgehead atoms. The van der Waals surface area contributed by atoms with E-state index in [2.05, 4.69) is 4.98 Å². The van der Waals surface area contributed by atoms with Gasteiger partial charge in [0, 0.05) is 33.7 Å². The zero-order valence-corrected chi connectivity index (χ0v) is 20.0. The maximum absolute atomic E-state index is 13.3. The zero-order valence-electron chi connectivity index (χ0n) is 19.1. The first-order chi connectivity index (χ1) is 16.4. The average molecular weight is 483 g/mol. The van der Waals surface area contributed by atoms with E-state index in [0.717, 1.165) is 34.2 Å². The van der Waals surface area contributed by atoms with Gasteiger partial charge in [0.15, 0.2) is 16.3 Å². The molecule has 1 atom stereocenters. The van der Waals surface area contributed by atoms with Gasteiger partial charge in [-0.3, -0.25) is 23.6 Å². The third-order valence-electron chi connectivity index (χ3n) is 6.23. The first kappa shape index (κ1) is 22.5. The van der Waals surface area contributed by atoms with Crippen molar-refractivity contribution in [3.8, 4) is 0 Å². The molecule has 0 radical (unpaired) electrons. The SMILES string of the molecule is Cn1c(=O)c2c(ncn2CCCC(=O)N(C[C@H]2CCCO2)c2nc3ccccc3s2)n(C)c1=O. The summed E-state index contributed by atoms with van der Waals surface area (Å²) in [5.74, 6) is -0.0284. The lowest BCUT2D eigenvalue weighted by molar-refractivity contribution is -0.119. The van der Waals surface area contributed by atoms with Crippen LogP contribution in [0, 0.1) is 0 Å². The number of benzene rings is 1. The fourth-order valence-corrected chi connectivity index (χ4v) is 5.35. The molecule has 0 unspecified atom stereocenters. The van der Waals surface area contributed by atoms with Gasteiger partial charge in [-0.15, -0.1) is 0 Å². The zero-order chi connectivity index (χ0) is 23.8. The number of aryl methyl sites for hydroxylation is 2. The molecule has 1 aliphatic heterocycles. The third kappa shape index (κ3) is 4.05. The Morgan fingerprint density at radius 2 is 2.06 bits per heavy atom. The minimum Gasteiger partial charge on any atom is -0.376 e. The molecule has 1 aromatic carbocycles. The van der Waals surface area contributed by atoms with Crippen molar-refractivity contribution in [3.05, 3.63) is 51.4 Å². The summed E-state index contributed by atoms with van der Waals surface area (Å²) in [7, 11) is 3.04. The minimum atomic E-state index is -0.418. The number of imidazole rings is 1. The van der Waals surface area contributed by atoms with Gasteiger partial charge in [-0.05, 0) is 31.4 Å². The lowest BCUT2D eigenvalue weighted by Gasteiger charge is -2.23. The van der Waals surface area contributed by atoms with Crippen molar-refractivity contribution >= 4 is 43.8 Å². The maximum atomic E-state index is 13.3. The molecule has 34 heavy (non-hydrogen) atoms. The molecule has 11 heteroatoms. The smallest absolute Gasteiger partial charge is 0.332 e. The minimum absolute atomic E-state index is 0.0119. The van der Waals surface area contributed by atoms with Crippen LogP contribution in [-0.2, 0) is 30.2 Å². The first-order valence-corrected chi connectivity index (χ1v) is 12.1. The van der Waals surface area contributed by atoms with E-state index in [9.17, 15) is 14.4 Å². The van der Waals surface area contributed by atoms with E-state index in [1.807, 2.05) is 24.3 Å². The molecule has 1 saturated heterocycles. The average Bonchev–Trinajstić information content (AvgIpc) is 3.59. The standard InChI is InChI=1S/C23H26N6O4S/c1-26-20-19(21(31)27(2)23(26)32)28(14-24-20)11-5-10-18(30)29(13-15-7-6-12-33-15)22-25-16-8-3-4-9-17(16)34-22/h3-4,8-9,14-15H,5-7,10-13H2,1-2H3/t15-/m1/s1. The Labute approximate surface area is 199 Å². The van der Waals surface area contributed by atoms with Gasteiger partial charge in [0.2, 0.25) is 5.91 Å². The molecule has 0 N–H and O–H groups in total. The predicted molar refractivity (Wildman–Crippen MR) is 130 cm³/mol. The normalized spacial score (nSPS) is 16.0. The van der Waals surface area contributed by atoms with Crippen molar-refractivity contribution in [2.75, 3.05) is 18.1 Å². The van der Waals surface area contributed by atoms with Gasteiger partial charge in [-0.2, -0.15) is 0 Å². The number of ether oxygens (including phenoxy) is 1. The number of fused-ring (bicyclic) bond motifs is 2. The van der Waals surface area contributed by atoms with E-state index in [-0.39, 0.29) is 18.4 Å². The number of carbonyl (C=O) groups excluding carboxylic acids is 1. The number of hydrogen-bond acceptors (Lipinski definition) is 7. The highest BCUT2D eigenvalue weighted by Gasteiger charge is 2.26. The highest BCUT2D eigenvalue weighted by atomic mass is 32.1. The molecule has 178 valence electrons. The topological polar surface area (TPSA) is 104 Å². The number of amides is 1. The largest absolute Gasteiger partial charge is 0.376 e. The lowest BCUT2D eigenvalue weighted by Crippen LogP contribution is -2.38. The maximum Gasteiger partial charge on any atom is 0.332 e. The molecule has 4 aromatic rings. The number of hydrogen-bond donors (Lipinski definition) is 0. The molecule has 5 rings (SSSR count). The van der Waals surface area contributed by atoms with Crippen molar-refractivity contribution in [3.63, 3.8) is 0 Å². The molecule has 3 aromatic heterocycles. The van der Waals surface area contributed by atoms with Gasteiger partial charge >= 0.3 is 5.69 Å². The number of para-hydroxylation sites is 1. The summed E-state index contributed by atoms with van der Waals surface area (Å²) < 4.78 is 11.0. The fraction of sp³-hybridized carbons (Fsp3) is 0.435. The number of rotatable bonds is 7. The van der Waals surface area contributed by atoms with Gasteiger partial charge in [0.25, 0.3) is 5.56 Å². The number of carbonyl (C=O) groups is 1. The van der Waals surface area contributed by atoms with Crippen LogP contribution in [0.15, 0.2) is 40.2 Å². The van der Waals surface area contributed by atoms with E-state index in [1.165, 1.54) is 23.0 Å². The van der Waals surface area contributed by atoms with Crippen LogP contribution in [0.1, 0.15) is 25.7 Å². The Morgan fingerprint density at radius 1 is 1.24 bits per heavy atom. The van der Waals surface area contributed by atoms with Crippen LogP contribution in [-0.4, -0.2) is 48.8 Å². The summed E-state index contributed by atoms with van der Waals surface area (Å²) in [5.41, 5.74) is 0.766. The van der Waals surface area contributed by atoms with E-state index < -0.39 is 11.2 Å². The molecule has 0 saturated carbocycles. The highest BCUT2D eigenvalue weighted by Crippen LogP contribution is 2.30. The van der Waals surface area contributed by atoms with Crippen LogP contribution in [0.2, 0.25) is 0 Å². The molecule has 1 fully saturated rings. The second-order valence-corrected chi connectivity index (χ2v) is 9.53. The van der Waals surface area contributed by atoms with Crippen molar-refractivity contribution in [1.82, 2.24) is 23.7 Å². The molecular weight excluding hydrogens is 456 g/mol. The van der Waals surface area contributed by atoms with Crippen LogP contribution in [0.3, 0.4) is 0 Å². The fourth-order valence-electron chi connectivity index (χ4n) is 4.36.